The minimum atomic E-state index is -0.534. The highest BCUT2D eigenvalue weighted by atomic mass is 35.5. The van der Waals surface area contributed by atoms with E-state index in [-0.39, 0.29) is 27.9 Å². The van der Waals surface area contributed by atoms with Crippen LogP contribution in [0.2, 0.25) is 5.02 Å². The van der Waals surface area contributed by atoms with E-state index in [0.717, 1.165) is 13.1 Å². The highest BCUT2D eigenvalue weighted by Gasteiger charge is 2.32. The summed E-state index contributed by atoms with van der Waals surface area (Å²) >= 11 is 6.04. The van der Waals surface area contributed by atoms with Gasteiger partial charge >= 0.3 is 0 Å². The molecule has 0 unspecified atom stereocenters. The number of hydrogen-bond donors (Lipinski definition) is 2. The first kappa shape index (κ1) is 18.4. The maximum Gasteiger partial charge on any atom is 0.231 e. The number of phenols is 1. The van der Waals surface area contributed by atoms with Crippen molar-refractivity contribution in [2.45, 2.75) is 20.4 Å². The number of carbonyl (C=O) groups is 1. The van der Waals surface area contributed by atoms with Gasteiger partial charge in [0.2, 0.25) is 5.78 Å². The SMILES string of the molecule is CC[NH+](CC)Cc1c(O)ccc2c1O/C(=C/c1c(F)cccc1Cl)C2=O. The number of benzene rings is 2. The maximum atomic E-state index is 14.0. The van der Waals surface area contributed by atoms with Crippen LogP contribution in [0, 0.1) is 5.82 Å². The van der Waals surface area contributed by atoms with Crippen molar-refractivity contribution in [3.8, 4) is 11.5 Å². The Morgan fingerprint density at radius 1 is 1.23 bits per heavy atom. The van der Waals surface area contributed by atoms with Crippen LogP contribution >= 0.6 is 11.6 Å². The summed E-state index contributed by atoms with van der Waals surface area (Å²) in [5.41, 5.74) is 1.05. The summed E-state index contributed by atoms with van der Waals surface area (Å²) in [7, 11) is 0. The van der Waals surface area contributed by atoms with Crippen molar-refractivity contribution in [3.63, 3.8) is 0 Å². The summed E-state index contributed by atoms with van der Waals surface area (Å²) in [6.45, 7) is 6.39. The molecule has 136 valence electrons. The largest absolute Gasteiger partial charge is 0.507 e. The van der Waals surface area contributed by atoms with Gasteiger partial charge in [0.1, 0.15) is 18.1 Å². The van der Waals surface area contributed by atoms with Crippen LogP contribution in [0.1, 0.15) is 35.3 Å². The van der Waals surface area contributed by atoms with Crippen LogP contribution in [0.3, 0.4) is 0 Å². The first-order valence-electron chi connectivity index (χ1n) is 8.52. The summed E-state index contributed by atoms with van der Waals surface area (Å²) in [4.78, 5) is 13.9. The molecule has 0 aliphatic carbocycles. The Kier molecular flexibility index (Phi) is 5.30. The van der Waals surface area contributed by atoms with Gasteiger partial charge in [-0.3, -0.25) is 4.79 Å². The molecule has 0 aromatic heterocycles. The lowest BCUT2D eigenvalue weighted by Gasteiger charge is -2.17. The standard InChI is InChI=1S/C20H19ClFNO3/c1-3-23(4-2)11-14-17(24)9-8-12-19(25)18(26-20(12)14)10-13-15(21)6-5-7-16(13)22/h5-10,24H,3-4,11H2,1-2H3/p+1/b18-10+. The minimum Gasteiger partial charge on any atom is -0.507 e. The normalized spacial score (nSPS) is 14.8. The third-order valence-corrected chi connectivity index (χ3v) is 4.95. The first-order valence-corrected chi connectivity index (χ1v) is 8.90. The Hall–Kier alpha value is -2.37. The lowest BCUT2D eigenvalue weighted by molar-refractivity contribution is -0.910. The van der Waals surface area contributed by atoms with Gasteiger partial charge in [-0.05, 0) is 44.2 Å². The van der Waals surface area contributed by atoms with Crippen LogP contribution in [0.25, 0.3) is 6.08 Å². The zero-order valence-electron chi connectivity index (χ0n) is 14.6. The van der Waals surface area contributed by atoms with Crippen molar-refractivity contribution in [1.82, 2.24) is 0 Å². The van der Waals surface area contributed by atoms with Gasteiger partial charge in [-0.1, -0.05) is 17.7 Å². The Balaban J connectivity index is 2.03. The lowest BCUT2D eigenvalue weighted by Crippen LogP contribution is -3.10. The van der Waals surface area contributed by atoms with Crippen LogP contribution in [0.15, 0.2) is 36.1 Å². The third-order valence-electron chi connectivity index (χ3n) is 4.62. The number of nitrogens with one attached hydrogen (secondary N) is 1. The predicted octanol–water partition coefficient (Wildman–Crippen LogP) is 3.23. The summed E-state index contributed by atoms with van der Waals surface area (Å²) in [5.74, 6) is -0.467. The molecule has 0 saturated heterocycles. The third kappa shape index (κ3) is 3.32. The number of ketones is 1. The Labute approximate surface area is 156 Å². The van der Waals surface area contributed by atoms with E-state index in [1.165, 1.54) is 35.2 Å². The number of Topliss-reactive ketones (excluding diaryl/α,β-unsaturated/α-hetero) is 1. The van der Waals surface area contributed by atoms with Gasteiger partial charge in [0.25, 0.3) is 0 Å². The lowest BCUT2D eigenvalue weighted by atomic mass is 10.0. The van der Waals surface area contributed by atoms with Gasteiger partial charge in [0, 0.05) is 5.56 Å². The first-order chi connectivity index (χ1) is 12.5. The molecule has 4 nitrogen and oxygen atoms in total. The van der Waals surface area contributed by atoms with Gasteiger partial charge in [0.05, 0.1) is 29.2 Å². The van der Waals surface area contributed by atoms with Crippen molar-refractivity contribution in [2.75, 3.05) is 13.1 Å². The van der Waals surface area contributed by atoms with E-state index >= 15 is 0 Å². The van der Waals surface area contributed by atoms with E-state index in [1.807, 2.05) is 0 Å². The highest BCUT2D eigenvalue weighted by molar-refractivity contribution is 6.32. The molecule has 0 amide bonds. The van der Waals surface area contributed by atoms with Crippen LogP contribution in [-0.4, -0.2) is 24.0 Å². The number of carbonyl (C=O) groups excluding carboxylic acids is 1. The van der Waals surface area contributed by atoms with Crippen molar-refractivity contribution in [1.29, 1.82) is 0 Å². The van der Waals surface area contributed by atoms with Gasteiger partial charge in [-0.25, -0.2) is 4.39 Å². The summed E-state index contributed by atoms with van der Waals surface area (Å²) in [6.07, 6.45) is 1.31. The van der Waals surface area contributed by atoms with Crippen molar-refractivity contribution in [3.05, 3.63) is 63.6 Å². The van der Waals surface area contributed by atoms with E-state index < -0.39 is 5.82 Å². The fourth-order valence-corrected chi connectivity index (χ4v) is 3.21. The quantitative estimate of drug-likeness (QED) is 0.788. The smallest absolute Gasteiger partial charge is 0.231 e. The van der Waals surface area contributed by atoms with E-state index in [0.29, 0.717) is 23.4 Å². The number of rotatable bonds is 5. The van der Waals surface area contributed by atoms with Crippen molar-refractivity contribution in [2.24, 2.45) is 0 Å². The Morgan fingerprint density at radius 3 is 2.62 bits per heavy atom. The number of aromatic hydroxyl groups is 1. The van der Waals surface area contributed by atoms with E-state index in [1.54, 1.807) is 6.07 Å². The summed E-state index contributed by atoms with van der Waals surface area (Å²) < 4.78 is 19.8. The molecule has 0 spiro atoms. The molecule has 2 aromatic rings. The topological polar surface area (TPSA) is 51.0 Å². The molecular formula is C20H20ClFNO3+. The van der Waals surface area contributed by atoms with Crippen molar-refractivity contribution >= 4 is 23.5 Å². The average molecular weight is 377 g/mol. The van der Waals surface area contributed by atoms with Crippen molar-refractivity contribution < 1.29 is 23.9 Å². The van der Waals surface area contributed by atoms with Crippen LogP contribution in [-0.2, 0) is 6.54 Å². The zero-order chi connectivity index (χ0) is 18.8. The molecule has 1 heterocycles. The molecule has 1 aliphatic heterocycles. The molecule has 0 atom stereocenters. The van der Waals surface area contributed by atoms with Gasteiger partial charge in [-0.2, -0.15) is 0 Å². The second-order valence-electron chi connectivity index (χ2n) is 6.15. The summed E-state index contributed by atoms with van der Waals surface area (Å²) in [6, 6.07) is 7.33. The average Bonchev–Trinajstić information content (AvgIpc) is 2.94. The number of fused-ring (bicyclic) bond motifs is 1. The number of ether oxygens (including phenoxy) is 1. The van der Waals surface area contributed by atoms with Crippen LogP contribution < -0.4 is 9.64 Å². The Bertz CT molecular complexity index is 871. The van der Waals surface area contributed by atoms with E-state index in [9.17, 15) is 14.3 Å². The van der Waals surface area contributed by atoms with E-state index in [2.05, 4.69) is 13.8 Å². The molecule has 0 fully saturated rings. The molecule has 0 bridgehead atoms. The second-order valence-corrected chi connectivity index (χ2v) is 6.56. The van der Waals surface area contributed by atoms with Gasteiger partial charge in [-0.15, -0.1) is 0 Å². The molecular weight excluding hydrogens is 357 g/mol. The molecule has 3 rings (SSSR count). The second kappa shape index (κ2) is 7.48. The van der Waals surface area contributed by atoms with Crippen LogP contribution in [0.4, 0.5) is 4.39 Å². The summed E-state index contributed by atoms with van der Waals surface area (Å²) in [5, 5.41) is 10.5. The predicted molar refractivity (Wildman–Crippen MR) is 98.2 cm³/mol. The van der Waals surface area contributed by atoms with Gasteiger partial charge in [0.15, 0.2) is 11.5 Å². The molecule has 6 heteroatoms. The number of phenolic OH excluding ortho intramolecular Hbond substituents is 1. The molecule has 1 aliphatic rings. The zero-order valence-corrected chi connectivity index (χ0v) is 15.4. The highest BCUT2D eigenvalue weighted by Crippen LogP contribution is 2.39. The van der Waals surface area contributed by atoms with E-state index in [4.69, 9.17) is 16.3 Å². The molecule has 0 saturated carbocycles. The van der Waals surface area contributed by atoms with Gasteiger partial charge < -0.3 is 14.7 Å². The number of halogens is 2. The number of hydrogen-bond acceptors (Lipinski definition) is 3. The molecule has 0 radical (unpaired) electrons. The number of quaternary nitrogens is 1. The van der Waals surface area contributed by atoms with Crippen LogP contribution in [0.5, 0.6) is 11.5 Å². The monoisotopic (exact) mass is 376 g/mol. The fraction of sp³-hybridized carbons (Fsp3) is 0.250. The Morgan fingerprint density at radius 2 is 1.96 bits per heavy atom. The molecule has 2 N–H and O–H groups in total. The number of allylic oxidation sites excluding steroid dienone is 1. The molecule has 26 heavy (non-hydrogen) atoms. The molecule has 2 aromatic carbocycles. The minimum absolute atomic E-state index is 0.00611. The fourth-order valence-electron chi connectivity index (χ4n) is 3.00. The maximum absolute atomic E-state index is 14.0.